The van der Waals surface area contributed by atoms with Crippen LogP contribution in [0.25, 0.3) is 11.4 Å². The van der Waals surface area contributed by atoms with E-state index in [1.165, 1.54) is 45.3 Å². The molecule has 6 aliphatic heterocycles. The molecule has 11 amide bonds. The fraction of sp³-hybridized carbons (Fsp3) is 0.519. The molecule has 29 nitrogen and oxygen atoms in total. The Bertz CT molecular complexity index is 2940. The number of rotatable bonds is 19. The molecule has 0 bridgehead atoms. The molecular formula is C52H61N13O16. The minimum absolute atomic E-state index is 0.0109. The molecule has 8 heterocycles. The van der Waals surface area contributed by atoms with Crippen molar-refractivity contribution >= 4 is 88.3 Å². The van der Waals surface area contributed by atoms with Crippen LogP contribution in [0.1, 0.15) is 91.3 Å². The van der Waals surface area contributed by atoms with Gasteiger partial charge in [0, 0.05) is 64.3 Å². The summed E-state index contributed by atoms with van der Waals surface area (Å²) in [4.78, 5) is 211. The number of nitrogens with one attached hydrogen (secondary N) is 4. The zero-order valence-corrected chi connectivity index (χ0v) is 44.0. The third-order valence-electron chi connectivity index (χ3n) is 15.2. The lowest BCUT2D eigenvalue weighted by Crippen LogP contribution is -2.56. The van der Waals surface area contributed by atoms with E-state index >= 15 is 0 Å². The molecule has 6 saturated heterocycles. The number of ketones is 3. The number of aromatic nitrogens is 2. The minimum Gasteiger partial charge on any atom is -0.478 e. The molecule has 8 rings (SSSR count). The van der Waals surface area contributed by atoms with E-state index in [9.17, 15) is 71.9 Å². The number of likely N-dealkylation sites (tertiary alicyclic amines) is 6. The molecular weight excluding hydrogens is 1060 g/mol. The Balaban J connectivity index is 0.789. The van der Waals surface area contributed by atoms with Gasteiger partial charge in [-0.3, -0.25) is 77.1 Å². The molecule has 0 radical (unpaired) electrons. The van der Waals surface area contributed by atoms with E-state index in [2.05, 4.69) is 31.2 Å². The SMILES string of the molecule is NC(=O)CNC(=O)[C@@H]1CC(=O)CN1C(=O)[C@@H]1CCCN1C(=O)CNC(=O)[C@@H]1CC(=O)CN1C(=O)[C@@H]1CCCN1C(=O)CNC(=O)[C@@H]1CC(=O)CN1C(=O)[C@@H]1CCCN1C(=O)CCCNC(=O)c1ccc(-c2ccc(C(=O)O)cn2)nc1. The molecule has 6 fully saturated rings. The van der Waals surface area contributed by atoms with E-state index < -0.39 is 151 Å². The summed E-state index contributed by atoms with van der Waals surface area (Å²) in [5.41, 5.74) is 6.18. The van der Waals surface area contributed by atoms with Crippen LogP contribution in [0.3, 0.4) is 0 Å². The van der Waals surface area contributed by atoms with Crippen LogP contribution >= 0.6 is 0 Å². The second kappa shape index (κ2) is 25.4. The van der Waals surface area contributed by atoms with Gasteiger partial charge in [0.25, 0.3) is 5.91 Å². The first-order chi connectivity index (χ1) is 38.7. The summed E-state index contributed by atoms with van der Waals surface area (Å²) >= 11 is 0. The molecule has 2 aromatic rings. The van der Waals surface area contributed by atoms with Crippen molar-refractivity contribution in [3.8, 4) is 11.4 Å². The number of hydrogen-bond donors (Lipinski definition) is 6. The summed E-state index contributed by atoms with van der Waals surface area (Å²) in [5, 5.41) is 19.1. The van der Waals surface area contributed by atoms with Crippen LogP contribution in [0.15, 0.2) is 36.7 Å². The third-order valence-corrected chi connectivity index (χ3v) is 15.2. The number of carbonyl (C=O) groups is 15. The van der Waals surface area contributed by atoms with E-state index in [1.807, 2.05) is 0 Å². The van der Waals surface area contributed by atoms with E-state index in [-0.39, 0.29) is 101 Å². The average Bonchev–Trinajstić information content (AvgIpc) is 4.55. The van der Waals surface area contributed by atoms with Crippen LogP contribution in [0.5, 0.6) is 0 Å². The number of Topliss-reactive ketones (excluding diaryl/α,β-unsaturated/α-hetero) is 3. The standard InChI is InChI=1S/C52H61N13O16/c53-41(69)22-57-46(74)38-17-30(66)25-63(38)50(78)36-6-3-15-61(36)43(71)24-59-48(76)40-19-32(68)27-65(40)51(79)37-7-4-16-62(37)44(72)23-58-47(75)39-18-31(67)26-64(39)49(77)35-5-2-14-60(35)42(70)8-1-13-54-45(73)28-9-11-33(55-20-28)34-12-10-29(21-56-34)52(80)81/h9-12,20-21,35-40H,1-8,13-19,22-27H2,(H2,53,69)(H,54,73)(H,57,74)(H,58,75)(H,59,76)(H,80,81)/t35-,36-,37-,38-,39-,40-/m0/s1. The van der Waals surface area contributed by atoms with E-state index in [0.717, 1.165) is 14.7 Å². The number of carboxylic acids is 1. The number of aromatic carboxylic acids is 1. The molecule has 29 heteroatoms. The first-order valence-corrected chi connectivity index (χ1v) is 26.6. The number of nitrogens with zero attached hydrogens (tertiary/aromatic N) is 8. The highest BCUT2D eigenvalue weighted by molar-refractivity contribution is 6.05. The Morgan fingerprint density at radius 2 is 0.877 bits per heavy atom. The quantitative estimate of drug-likeness (QED) is 0.0724. The van der Waals surface area contributed by atoms with Gasteiger partial charge in [-0.15, -0.1) is 0 Å². The molecule has 6 aliphatic rings. The number of nitrogens with two attached hydrogens (primary N) is 1. The predicted octanol–water partition coefficient (Wildman–Crippen LogP) is -4.33. The Morgan fingerprint density at radius 3 is 1.25 bits per heavy atom. The van der Waals surface area contributed by atoms with Crippen molar-refractivity contribution in [2.24, 2.45) is 5.73 Å². The zero-order valence-electron chi connectivity index (χ0n) is 44.0. The topological polar surface area (TPSA) is 396 Å². The Morgan fingerprint density at radius 1 is 0.494 bits per heavy atom. The highest BCUT2D eigenvalue weighted by Crippen LogP contribution is 2.28. The number of amides is 11. The van der Waals surface area contributed by atoms with Crippen LogP contribution in [0.4, 0.5) is 0 Å². The summed E-state index contributed by atoms with van der Waals surface area (Å²) in [5.74, 6) is -9.85. The van der Waals surface area contributed by atoms with Crippen LogP contribution in [-0.4, -0.2) is 234 Å². The van der Waals surface area contributed by atoms with Crippen molar-refractivity contribution in [3.05, 3.63) is 47.8 Å². The fourth-order valence-electron chi connectivity index (χ4n) is 11.1. The maximum absolute atomic E-state index is 14.1. The normalized spacial score (nSPS) is 22.5. The monoisotopic (exact) mass is 1120 g/mol. The maximum atomic E-state index is 14.1. The fourth-order valence-corrected chi connectivity index (χ4v) is 11.1. The number of pyridine rings is 2. The van der Waals surface area contributed by atoms with Crippen molar-refractivity contribution in [3.63, 3.8) is 0 Å². The summed E-state index contributed by atoms with van der Waals surface area (Å²) in [6, 6.07) is -1.07. The Kier molecular flexibility index (Phi) is 18.2. The second-order valence-electron chi connectivity index (χ2n) is 20.6. The van der Waals surface area contributed by atoms with Gasteiger partial charge in [0.2, 0.25) is 59.1 Å². The molecule has 430 valence electrons. The zero-order chi connectivity index (χ0) is 58.2. The molecule has 7 N–H and O–H groups in total. The van der Waals surface area contributed by atoms with Gasteiger partial charge in [-0.1, -0.05) is 0 Å². The highest BCUT2D eigenvalue weighted by Gasteiger charge is 2.48. The van der Waals surface area contributed by atoms with Gasteiger partial charge >= 0.3 is 5.97 Å². The molecule has 0 saturated carbocycles. The minimum atomic E-state index is -1.35. The lowest BCUT2D eigenvalue weighted by molar-refractivity contribution is -0.148. The Hall–Kier alpha value is -9.05. The summed E-state index contributed by atoms with van der Waals surface area (Å²) in [6.07, 6.45) is 3.55. The molecule has 0 aliphatic carbocycles. The van der Waals surface area contributed by atoms with Crippen LogP contribution in [0, 0.1) is 0 Å². The Labute approximate surface area is 462 Å². The molecule has 0 unspecified atom stereocenters. The van der Waals surface area contributed by atoms with Crippen LogP contribution < -0.4 is 27.0 Å². The molecule has 81 heavy (non-hydrogen) atoms. The van der Waals surface area contributed by atoms with E-state index in [1.54, 1.807) is 6.07 Å². The van der Waals surface area contributed by atoms with E-state index in [0.29, 0.717) is 30.7 Å². The van der Waals surface area contributed by atoms with Crippen molar-refractivity contribution in [2.75, 3.05) is 65.4 Å². The first-order valence-electron chi connectivity index (χ1n) is 26.6. The predicted molar refractivity (Wildman–Crippen MR) is 274 cm³/mol. The van der Waals surface area contributed by atoms with Crippen LogP contribution in [-0.2, 0) is 62.3 Å². The van der Waals surface area contributed by atoms with Crippen molar-refractivity contribution < 1.29 is 77.0 Å². The van der Waals surface area contributed by atoms with Gasteiger partial charge < -0.3 is 61.5 Å². The van der Waals surface area contributed by atoms with Gasteiger partial charge in [-0.25, -0.2) is 4.79 Å². The smallest absolute Gasteiger partial charge is 0.337 e. The van der Waals surface area contributed by atoms with Gasteiger partial charge in [0.1, 0.15) is 36.3 Å². The molecule has 6 atom stereocenters. The number of hydrogen-bond acceptors (Lipinski definition) is 17. The number of primary amides is 1. The lowest BCUT2D eigenvalue weighted by atomic mass is 10.1. The molecule has 2 aromatic heterocycles. The highest BCUT2D eigenvalue weighted by atomic mass is 16.4. The lowest BCUT2D eigenvalue weighted by Gasteiger charge is -2.32. The largest absolute Gasteiger partial charge is 0.478 e. The van der Waals surface area contributed by atoms with Crippen molar-refractivity contribution in [2.45, 2.75) is 107 Å². The van der Waals surface area contributed by atoms with Crippen molar-refractivity contribution in [1.82, 2.24) is 60.6 Å². The second-order valence-corrected chi connectivity index (χ2v) is 20.6. The average molecular weight is 1120 g/mol. The van der Waals surface area contributed by atoms with Gasteiger partial charge in [-0.05, 0) is 69.2 Å². The first kappa shape index (κ1) is 58.1. The molecule has 0 spiro atoms. The van der Waals surface area contributed by atoms with Gasteiger partial charge in [-0.2, -0.15) is 0 Å². The summed E-state index contributed by atoms with van der Waals surface area (Å²) in [7, 11) is 0. The van der Waals surface area contributed by atoms with Gasteiger partial charge in [0.15, 0.2) is 17.3 Å². The van der Waals surface area contributed by atoms with Crippen molar-refractivity contribution in [1.29, 1.82) is 0 Å². The summed E-state index contributed by atoms with van der Waals surface area (Å²) in [6.45, 7) is -2.47. The number of carboxylic acid groups (broad SMARTS) is 1. The third kappa shape index (κ3) is 13.4. The summed E-state index contributed by atoms with van der Waals surface area (Å²) < 4.78 is 0. The van der Waals surface area contributed by atoms with E-state index in [4.69, 9.17) is 10.8 Å². The molecule has 0 aromatic carbocycles. The van der Waals surface area contributed by atoms with Gasteiger partial charge in [0.05, 0.1) is 61.8 Å². The van der Waals surface area contributed by atoms with Crippen LogP contribution in [0.2, 0.25) is 0 Å². The maximum Gasteiger partial charge on any atom is 0.337 e. The number of carbonyl (C=O) groups excluding carboxylic acids is 14.